The van der Waals surface area contributed by atoms with Gasteiger partial charge in [-0.25, -0.2) is 0 Å². The van der Waals surface area contributed by atoms with Crippen molar-refractivity contribution in [2.24, 2.45) is 0 Å². The van der Waals surface area contributed by atoms with Gasteiger partial charge >= 0.3 is 0 Å². The standard InChI is InChI=1S/C11H14O/c1-4-10-7-5-6-8-11(10,12-10)9(2)3/h1H,2,5-8H2,3H3. The molecule has 1 heterocycles. The Morgan fingerprint density at radius 3 is 2.67 bits per heavy atom. The van der Waals surface area contributed by atoms with Crippen LogP contribution in [0.25, 0.3) is 0 Å². The predicted octanol–water partition coefficient (Wildman–Crippen LogP) is 2.28. The molecule has 2 rings (SSSR count). The molecule has 64 valence electrons. The highest BCUT2D eigenvalue weighted by atomic mass is 16.6. The minimum Gasteiger partial charge on any atom is -0.344 e. The van der Waals surface area contributed by atoms with Crippen molar-refractivity contribution in [3.63, 3.8) is 0 Å². The second-order valence-corrected chi connectivity index (χ2v) is 3.89. The van der Waals surface area contributed by atoms with Crippen molar-refractivity contribution >= 4 is 0 Å². The molecule has 1 aliphatic heterocycles. The molecule has 1 saturated heterocycles. The van der Waals surface area contributed by atoms with E-state index < -0.39 is 0 Å². The van der Waals surface area contributed by atoms with E-state index in [1.165, 1.54) is 12.8 Å². The number of hydrogen-bond donors (Lipinski definition) is 0. The van der Waals surface area contributed by atoms with Gasteiger partial charge in [-0.3, -0.25) is 0 Å². The van der Waals surface area contributed by atoms with Gasteiger partial charge < -0.3 is 4.74 Å². The molecule has 12 heavy (non-hydrogen) atoms. The Labute approximate surface area is 73.8 Å². The second kappa shape index (κ2) is 2.14. The average molecular weight is 162 g/mol. The Hall–Kier alpha value is -0.740. The summed E-state index contributed by atoms with van der Waals surface area (Å²) in [4.78, 5) is 0. The van der Waals surface area contributed by atoms with Crippen LogP contribution in [0.4, 0.5) is 0 Å². The van der Waals surface area contributed by atoms with Crippen LogP contribution in [0.2, 0.25) is 0 Å². The van der Waals surface area contributed by atoms with Crippen molar-refractivity contribution in [1.29, 1.82) is 0 Å². The van der Waals surface area contributed by atoms with Gasteiger partial charge in [-0.05, 0) is 38.2 Å². The van der Waals surface area contributed by atoms with Crippen LogP contribution in [-0.2, 0) is 4.74 Å². The van der Waals surface area contributed by atoms with Gasteiger partial charge in [-0.15, -0.1) is 6.42 Å². The fourth-order valence-corrected chi connectivity index (χ4v) is 2.39. The number of terminal acetylenes is 1. The van der Waals surface area contributed by atoms with Gasteiger partial charge in [0.15, 0.2) is 5.60 Å². The third-order valence-electron chi connectivity index (χ3n) is 3.19. The first kappa shape index (κ1) is 7.89. The molecule has 1 saturated carbocycles. The summed E-state index contributed by atoms with van der Waals surface area (Å²) in [6.07, 6.45) is 9.97. The van der Waals surface area contributed by atoms with E-state index in [4.69, 9.17) is 11.2 Å². The monoisotopic (exact) mass is 162 g/mol. The SMILES string of the molecule is C#CC12CCCCC1(C(=C)C)O2. The highest BCUT2D eigenvalue weighted by Crippen LogP contribution is 2.60. The number of ether oxygens (including phenoxy) is 1. The Kier molecular flexibility index (Phi) is 1.41. The van der Waals surface area contributed by atoms with E-state index in [-0.39, 0.29) is 11.2 Å². The van der Waals surface area contributed by atoms with E-state index in [9.17, 15) is 0 Å². The molecule has 0 aromatic carbocycles. The van der Waals surface area contributed by atoms with Crippen LogP contribution in [-0.4, -0.2) is 11.2 Å². The van der Waals surface area contributed by atoms with Crippen LogP contribution in [0.1, 0.15) is 32.6 Å². The largest absolute Gasteiger partial charge is 0.344 e. The molecule has 2 fully saturated rings. The van der Waals surface area contributed by atoms with Crippen molar-refractivity contribution in [2.45, 2.75) is 43.8 Å². The Balaban J connectivity index is 2.30. The average Bonchev–Trinajstić information content (AvgIpc) is 2.75. The summed E-state index contributed by atoms with van der Waals surface area (Å²) in [5, 5.41) is 0. The molecular formula is C11H14O. The fraction of sp³-hybridized carbons (Fsp3) is 0.636. The zero-order chi connectivity index (χ0) is 8.82. The lowest BCUT2D eigenvalue weighted by atomic mass is 9.76. The summed E-state index contributed by atoms with van der Waals surface area (Å²) in [5.74, 6) is 2.79. The predicted molar refractivity (Wildman–Crippen MR) is 48.7 cm³/mol. The highest BCUT2D eigenvalue weighted by molar-refractivity contribution is 5.40. The van der Waals surface area contributed by atoms with E-state index in [1.807, 2.05) is 6.92 Å². The summed E-state index contributed by atoms with van der Waals surface area (Å²) in [7, 11) is 0. The zero-order valence-electron chi connectivity index (χ0n) is 7.52. The van der Waals surface area contributed by atoms with Gasteiger partial charge in [0.05, 0.1) is 0 Å². The molecule has 0 amide bonds. The molecule has 0 aromatic heterocycles. The van der Waals surface area contributed by atoms with Gasteiger partial charge in [0.1, 0.15) is 5.60 Å². The lowest BCUT2D eigenvalue weighted by Gasteiger charge is -2.21. The van der Waals surface area contributed by atoms with Crippen molar-refractivity contribution in [1.82, 2.24) is 0 Å². The molecule has 2 aliphatic rings. The smallest absolute Gasteiger partial charge is 0.162 e. The normalized spacial score (nSPS) is 44.3. The van der Waals surface area contributed by atoms with Crippen molar-refractivity contribution in [3.05, 3.63) is 12.2 Å². The van der Waals surface area contributed by atoms with Crippen LogP contribution in [0.15, 0.2) is 12.2 Å². The molecule has 1 heteroatoms. The quantitative estimate of drug-likeness (QED) is 0.327. The molecule has 0 bridgehead atoms. The maximum Gasteiger partial charge on any atom is 0.162 e. The molecule has 1 nitrogen and oxygen atoms in total. The molecular weight excluding hydrogens is 148 g/mol. The first-order chi connectivity index (χ1) is 5.67. The lowest BCUT2D eigenvalue weighted by molar-refractivity contribution is 0.303. The fourth-order valence-electron chi connectivity index (χ4n) is 2.39. The Morgan fingerprint density at radius 1 is 1.50 bits per heavy atom. The topological polar surface area (TPSA) is 12.5 Å². The lowest BCUT2D eigenvalue weighted by Crippen LogP contribution is -2.29. The maximum atomic E-state index is 5.73. The molecule has 1 aliphatic carbocycles. The van der Waals surface area contributed by atoms with Crippen molar-refractivity contribution in [2.75, 3.05) is 0 Å². The van der Waals surface area contributed by atoms with Gasteiger partial charge in [0.2, 0.25) is 0 Å². The van der Waals surface area contributed by atoms with Crippen LogP contribution in [0.5, 0.6) is 0 Å². The van der Waals surface area contributed by atoms with Crippen molar-refractivity contribution < 1.29 is 4.74 Å². The first-order valence-electron chi connectivity index (χ1n) is 4.51. The second-order valence-electron chi connectivity index (χ2n) is 3.89. The first-order valence-corrected chi connectivity index (χ1v) is 4.51. The third kappa shape index (κ3) is 0.690. The molecule has 0 N–H and O–H groups in total. The number of epoxide rings is 1. The van der Waals surface area contributed by atoms with Crippen LogP contribution < -0.4 is 0 Å². The summed E-state index contributed by atoms with van der Waals surface area (Å²) >= 11 is 0. The number of hydrogen-bond acceptors (Lipinski definition) is 1. The van der Waals surface area contributed by atoms with Gasteiger partial charge in [-0.1, -0.05) is 12.5 Å². The summed E-state index contributed by atoms with van der Waals surface area (Å²) in [6, 6.07) is 0. The van der Waals surface area contributed by atoms with Crippen molar-refractivity contribution in [3.8, 4) is 12.3 Å². The summed E-state index contributed by atoms with van der Waals surface area (Å²) < 4.78 is 5.73. The van der Waals surface area contributed by atoms with Crippen LogP contribution in [0, 0.1) is 12.3 Å². The van der Waals surface area contributed by atoms with E-state index in [2.05, 4.69) is 12.5 Å². The van der Waals surface area contributed by atoms with Crippen LogP contribution >= 0.6 is 0 Å². The molecule has 2 atom stereocenters. The highest BCUT2D eigenvalue weighted by Gasteiger charge is 2.70. The number of rotatable bonds is 1. The van der Waals surface area contributed by atoms with Crippen LogP contribution in [0.3, 0.4) is 0 Å². The van der Waals surface area contributed by atoms with E-state index in [0.717, 1.165) is 18.4 Å². The zero-order valence-corrected chi connectivity index (χ0v) is 7.52. The molecule has 0 aromatic rings. The minimum absolute atomic E-state index is 0.139. The minimum atomic E-state index is -0.267. The maximum absolute atomic E-state index is 5.73. The Morgan fingerprint density at radius 2 is 2.17 bits per heavy atom. The molecule has 2 unspecified atom stereocenters. The molecule has 0 radical (unpaired) electrons. The van der Waals surface area contributed by atoms with Gasteiger partial charge in [-0.2, -0.15) is 0 Å². The van der Waals surface area contributed by atoms with E-state index >= 15 is 0 Å². The Bertz CT molecular complexity index is 273. The summed E-state index contributed by atoms with van der Waals surface area (Å²) in [5.41, 5.74) is 0.692. The third-order valence-corrected chi connectivity index (χ3v) is 3.19. The van der Waals surface area contributed by atoms with E-state index in [0.29, 0.717) is 0 Å². The van der Waals surface area contributed by atoms with E-state index in [1.54, 1.807) is 0 Å². The number of fused-ring (bicyclic) bond motifs is 1. The summed E-state index contributed by atoms with van der Waals surface area (Å²) in [6.45, 7) is 5.98. The molecule has 0 spiro atoms. The van der Waals surface area contributed by atoms with Gasteiger partial charge in [0.25, 0.3) is 0 Å². The van der Waals surface area contributed by atoms with Gasteiger partial charge in [0, 0.05) is 0 Å².